The van der Waals surface area contributed by atoms with Crippen LogP contribution in [0.2, 0.25) is 0 Å². The molecule has 106 valence electrons. The summed E-state index contributed by atoms with van der Waals surface area (Å²) in [5.41, 5.74) is 0. The molecule has 0 bridgehead atoms. The fourth-order valence-electron chi connectivity index (χ4n) is 3.08. The summed E-state index contributed by atoms with van der Waals surface area (Å²) < 4.78 is 0. The van der Waals surface area contributed by atoms with Crippen molar-refractivity contribution in [1.29, 1.82) is 0 Å². The second-order valence-corrected chi connectivity index (χ2v) is 5.80. The normalized spacial score (nSPS) is 33.8. The summed E-state index contributed by atoms with van der Waals surface area (Å²) in [4.78, 5) is 35.3. The highest BCUT2D eigenvalue weighted by molar-refractivity contribution is 5.82. The average molecular weight is 269 g/mol. The third-order valence-electron chi connectivity index (χ3n) is 4.29. The first kappa shape index (κ1) is 13.8. The Kier molecular flexibility index (Phi) is 3.78. The maximum Gasteiger partial charge on any atom is 0.308 e. The number of carbonyl (C=O) groups is 3. The SMILES string of the molecule is C[C@@H]1CN(C(=O)C2CC(CC(=O)O)C2)C[C@H]1C(=O)O. The van der Waals surface area contributed by atoms with Crippen molar-refractivity contribution in [2.24, 2.45) is 23.7 Å². The van der Waals surface area contributed by atoms with Gasteiger partial charge in [0.15, 0.2) is 0 Å². The Bertz CT molecular complexity index is 402. The number of nitrogens with zero attached hydrogens (tertiary/aromatic N) is 1. The van der Waals surface area contributed by atoms with Crippen molar-refractivity contribution in [2.75, 3.05) is 13.1 Å². The third kappa shape index (κ3) is 2.88. The van der Waals surface area contributed by atoms with Crippen LogP contribution in [0.4, 0.5) is 0 Å². The van der Waals surface area contributed by atoms with Crippen molar-refractivity contribution in [2.45, 2.75) is 26.2 Å². The quantitative estimate of drug-likeness (QED) is 0.782. The molecular weight excluding hydrogens is 250 g/mol. The number of amides is 1. The van der Waals surface area contributed by atoms with Crippen LogP contribution in [0.15, 0.2) is 0 Å². The molecule has 2 atom stereocenters. The van der Waals surface area contributed by atoms with Crippen LogP contribution < -0.4 is 0 Å². The zero-order valence-electron chi connectivity index (χ0n) is 10.9. The van der Waals surface area contributed by atoms with Gasteiger partial charge in [0.2, 0.25) is 5.91 Å². The summed E-state index contributed by atoms with van der Waals surface area (Å²) in [6, 6.07) is 0. The Morgan fingerprint density at radius 3 is 2.26 bits per heavy atom. The molecule has 0 aromatic heterocycles. The minimum atomic E-state index is -0.847. The Morgan fingerprint density at radius 2 is 1.79 bits per heavy atom. The molecule has 0 unspecified atom stereocenters. The number of carbonyl (C=O) groups excluding carboxylic acids is 1. The van der Waals surface area contributed by atoms with Crippen LogP contribution >= 0.6 is 0 Å². The zero-order chi connectivity index (χ0) is 14.2. The molecule has 6 heteroatoms. The summed E-state index contributed by atoms with van der Waals surface area (Å²) in [5.74, 6) is -2.17. The highest BCUT2D eigenvalue weighted by Gasteiger charge is 2.42. The highest BCUT2D eigenvalue weighted by Crippen LogP contribution is 2.38. The van der Waals surface area contributed by atoms with Crippen molar-refractivity contribution in [3.63, 3.8) is 0 Å². The first-order chi connectivity index (χ1) is 8.88. The van der Waals surface area contributed by atoms with E-state index in [9.17, 15) is 14.4 Å². The van der Waals surface area contributed by atoms with E-state index in [0.717, 1.165) is 0 Å². The first-order valence-corrected chi connectivity index (χ1v) is 6.61. The van der Waals surface area contributed by atoms with Crippen LogP contribution in [0, 0.1) is 23.7 Å². The van der Waals surface area contributed by atoms with Gasteiger partial charge < -0.3 is 15.1 Å². The zero-order valence-corrected chi connectivity index (χ0v) is 10.9. The van der Waals surface area contributed by atoms with E-state index in [1.807, 2.05) is 6.92 Å². The molecule has 0 aromatic rings. The second-order valence-electron chi connectivity index (χ2n) is 5.80. The Labute approximate surface area is 111 Å². The van der Waals surface area contributed by atoms with Gasteiger partial charge in [0.1, 0.15) is 0 Å². The van der Waals surface area contributed by atoms with Crippen LogP contribution in [-0.4, -0.2) is 46.0 Å². The molecule has 2 fully saturated rings. The summed E-state index contributed by atoms with van der Waals surface area (Å²) in [5, 5.41) is 17.7. The average Bonchev–Trinajstić information content (AvgIpc) is 2.64. The number of hydrogen-bond acceptors (Lipinski definition) is 3. The van der Waals surface area contributed by atoms with Gasteiger partial charge in [0.05, 0.1) is 5.92 Å². The second kappa shape index (κ2) is 5.19. The number of aliphatic carboxylic acids is 2. The largest absolute Gasteiger partial charge is 0.481 e. The van der Waals surface area contributed by atoms with Crippen molar-refractivity contribution < 1.29 is 24.6 Å². The number of carboxylic acids is 2. The van der Waals surface area contributed by atoms with Crippen LogP contribution in [0.3, 0.4) is 0 Å². The summed E-state index contributed by atoms with van der Waals surface area (Å²) in [7, 11) is 0. The number of hydrogen-bond donors (Lipinski definition) is 2. The van der Waals surface area contributed by atoms with Crippen molar-refractivity contribution in [3.8, 4) is 0 Å². The standard InChI is InChI=1S/C13H19NO5/c1-7-5-14(6-10(7)13(18)19)12(17)9-2-8(3-9)4-11(15)16/h7-10H,2-6H2,1H3,(H,15,16)(H,18,19)/t7-,8?,9?,10-/m1/s1. The minimum Gasteiger partial charge on any atom is -0.481 e. The highest BCUT2D eigenvalue weighted by atomic mass is 16.4. The van der Waals surface area contributed by atoms with E-state index < -0.39 is 17.9 Å². The Balaban J connectivity index is 1.83. The lowest BCUT2D eigenvalue weighted by Gasteiger charge is -2.35. The van der Waals surface area contributed by atoms with Crippen LogP contribution in [0.25, 0.3) is 0 Å². The number of carboxylic acid groups (broad SMARTS) is 2. The van der Waals surface area contributed by atoms with Crippen LogP contribution in [0.1, 0.15) is 26.2 Å². The molecule has 2 N–H and O–H groups in total. The number of likely N-dealkylation sites (tertiary alicyclic amines) is 1. The van der Waals surface area contributed by atoms with Gasteiger partial charge in [-0.25, -0.2) is 0 Å². The molecule has 1 amide bonds. The molecule has 1 aliphatic heterocycles. The molecule has 1 heterocycles. The van der Waals surface area contributed by atoms with Crippen molar-refractivity contribution in [3.05, 3.63) is 0 Å². The fourth-order valence-corrected chi connectivity index (χ4v) is 3.08. The molecule has 1 saturated carbocycles. The predicted molar refractivity (Wildman–Crippen MR) is 65.3 cm³/mol. The van der Waals surface area contributed by atoms with Gasteiger partial charge >= 0.3 is 11.9 Å². The molecule has 6 nitrogen and oxygen atoms in total. The lowest BCUT2D eigenvalue weighted by molar-refractivity contribution is -0.145. The summed E-state index contributed by atoms with van der Waals surface area (Å²) >= 11 is 0. The monoisotopic (exact) mass is 269 g/mol. The van der Waals surface area contributed by atoms with E-state index in [2.05, 4.69) is 0 Å². The molecule has 19 heavy (non-hydrogen) atoms. The van der Waals surface area contributed by atoms with Gasteiger partial charge in [0.25, 0.3) is 0 Å². The smallest absolute Gasteiger partial charge is 0.308 e. The van der Waals surface area contributed by atoms with Gasteiger partial charge in [-0.05, 0) is 24.7 Å². The minimum absolute atomic E-state index is 0.00256. The van der Waals surface area contributed by atoms with Gasteiger partial charge in [-0.15, -0.1) is 0 Å². The van der Waals surface area contributed by atoms with E-state index in [1.165, 1.54) is 0 Å². The van der Waals surface area contributed by atoms with E-state index in [4.69, 9.17) is 10.2 Å². The summed E-state index contributed by atoms with van der Waals surface area (Å²) in [6.07, 6.45) is 1.36. The molecule has 2 rings (SSSR count). The molecule has 1 aliphatic carbocycles. The first-order valence-electron chi connectivity index (χ1n) is 6.61. The Morgan fingerprint density at radius 1 is 1.16 bits per heavy atom. The van der Waals surface area contributed by atoms with Gasteiger partial charge in [-0.3, -0.25) is 14.4 Å². The van der Waals surface area contributed by atoms with E-state index in [1.54, 1.807) is 4.90 Å². The maximum absolute atomic E-state index is 12.2. The molecule has 2 aliphatic rings. The lowest BCUT2D eigenvalue weighted by Crippen LogP contribution is -2.41. The van der Waals surface area contributed by atoms with Gasteiger partial charge in [-0.1, -0.05) is 6.92 Å². The molecule has 0 spiro atoms. The topological polar surface area (TPSA) is 94.9 Å². The molecule has 0 radical (unpaired) electrons. The Hall–Kier alpha value is -1.59. The summed E-state index contributed by atoms with van der Waals surface area (Å²) in [6.45, 7) is 2.63. The lowest BCUT2D eigenvalue weighted by atomic mass is 9.72. The third-order valence-corrected chi connectivity index (χ3v) is 4.29. The predicted octanol–water partition coefficient (Wildman–Crippen LogP) is 0.666. The van der Waals surface area contributed by atoms with E-state index in [0.29, 0.717) is 19.4 Å². The maximum atomic E-state index is 12.2. The van der Waals surface area contributed by atoms with Gasteiger partial charge in [-0.2, -0.15) is 0 Å². The van der Waals surface area contributed by atoms with Crippen LogP contribution in [0.5, 0.6) is 0 Å². The van der Waals surface area contributed by atoms with Crippen LogP contribution in [-0.2, 0) is 14.4 Å². The fraction of sp³-hybridized carbons (Fsp3) is 0.769. The molecule has 1 saturated heterocycles. The molecular formula is C13H19NO5. The van der Waals surface area contributed by atoms with Crippen molar-refractivity contribution >= 4 is 17.8 Å². The van der Waals surface area contributed by atoms with Crippen molar-refractivity contribution in [1.82, 2.24) is 4.90 Å². The van der Waals surface area contributed by atoms with E-state index >= 15 is 0 Å². The number of rotatable bonds is 4. The van der Waals surface area contributed by atoms with E-state index in [-0.39, 0.29) is 36.6 Å². The van der Waals surface area contributed by atoms with Gasteiger partial charge in [0, 0.05) is 25.4 Å². The molecule has 0 aromatic carbocycles.